The highest BCUT2D eigenvalue weighted by Crippen LogP contribution is 2.26. The Morgan fingerprint density at radius 2 is 1.44 bits per heavy atom. The Morgan fingerprint density at radius 3 is 2.09 bits per heavy atom. The highest BCUT2D eigenvalue weighted by molar-refractivity contribution is 6.06. The van der Waals surface area contributed by atoms with Gasteiger partial charge < -0.3 is 29.9 Å². The van der Waals surface area contributed by atoms with E-state index >= 15 is 0 Å². The molecule has 1 saturated heterocycles. The van der Waals surface area contributed by atoms with Crippen molar-refractivity contribution in [2.45, 2.75) is 0 Å². The van der Waals surface area contributed by atoms with E-state index in [1.165, 1.54) is 7.11 Å². The zero-order chi connectivity index (χ0) is 23.9. The summed E-state index contributed by atoms with van der Waals surface area (Å²) in [5.41, 5.74) is 2.95. The maximum absolute atomic E-state index is 12.7. The maximum atomic E-state index is 12.7. The Kier molecular flexibility index (Phi) is 7.17. The van der Waals surface area contributed by atoms with Crippen LogP contribution in [-0.2, 0) is 0 Å². The Labute approximate surface area is 199 Å². The molecule has 0 aliphatic carbocycles. The molecule has 3 aromatic rings. The van der Waals surface area contributed by atoms with Crippen molar-refractivity contribution in [3.8, 4) is 11.5 Å². The Bertz CT molecular complexity index is 1130. The van der Waals surface area contributed by atoms with Gasteiger partial charge >= 0.3 is 6.03 Å². The van der Waals surface area contributed by atoms with Gasteiger partial charge in [0.05, 0.1) is 19.8 Å². The molecule has 34 heavy (non-hydrogen) atoms. The summed E-state index contributed by atoms with van der Waals surface area (Å²) in [6.45, 7) is 2.73. The van der Waals surface area contributed by atoms with Gasteiger partial charge in [-0.05, 0) is 48.5 Å². The second-order valence-corrected chi connectivity index (χ2v) is 7.84. The first-order valence-electron chi connectivity index (χ1n) is 11.1. The van der Waals surface area contributed by atoms with Gasteiger partial charge in [0.25, 0.3) is 5.91 Å². The van der Waals surface area contributed by atoms with Crippen molar-refractivity contribution in [2.24, 2.45) is 0 Å². The summed E-state index contributed by atoms with van der Waals surface area (Å²) in [5, 5.41) is 5.84. The van der Waals surface area contributed by atoms with Crippen LogP contribution in [0.4, 0.5) is 21.9 Å². The van der Waals surface area contributed by atoms with Crippen molar-refractivity contribution < 1.29 is 19.1 Å². The van der Waals surface area contributed by atoms with E-state index in [4.69, 9.17) is 9.47 Å². The molecule has 3 amide bonds. The second kappa shape index (κ2) is 10.6. The number of carbonyl (C=O) groups excluding carboxylic acids is 2. The first-order chi connectivity index (χ1) is 16.6. The zero-order valence-electron chi connectivity index (χ0n) is 19.3. The number of anilines is 3. The van der Waals surface area contributed by atoms with E-state index in [0.717, 1.165) is 24.5 Å². The molecular weight excluding hydrogens is 432 g/mol. The standard InChI is InChI=1S/C26H28N4O4/c1-33-22-12-13-23(24(18-22)34-2)25(31)27-20-8-10-21(11-9-20)29-14-16-30(17-15-29)26(32)28-19-6-4-3-5-7-19/h3-13,18H,14-17H2,1-2H3,(H,27,31)(H,28,32). The normalized spacial score (nSPS) is 13.2. The minimum Gasteiger partial charge on any atom is -0.497 e. The number of nitrogens with zero attached hydrogens (tertiary/aromatic N) is 2. The van der Waals surface area contributed by atoms with Gasteiger partial charge in [0.2, 0.25) is 0 Å². The number of hydrogen-bond acceptors (Lipinski definition) is 5. The lowest BCUT2D eigenvalue weighted by molar-refractivity contribution is 0.102. The quantitative estimate of drug-likeness (QED) is 0.573. The average Bonchev–Trinajstić information content (AvgIpc) is 2.89. The molecule has 0 saturated carbocycles. The average molecular weight is 461 g/mol. The zero-order valence-corrected chi connectivity index (χ0v) is 19.3. The molecule has 8 heteroatoms. The molecule has 0 spiro atoms. The molecule has 2 N–H and O–H groups in total. The van der Waals surface area contributed by atoms with Crippen molar-refractivity contribution in [1.29, 1.82) is 0 Å². The van der Waals surface area contributed by atoms with Gasteiger partial charge in [-0.2, -0.15) is 0 Å². The van der Waals surface area contributed by atoms with E-state index in [2.05, 4.69) is 15.5 Å². The third-order valence-electron chi connectivity index (χ3n) is 5.74. The molecule has 3 aromatic carbocycles. The fraction of sp³-hybridized carbons (Fsp3) is 0.231. The molecule has 8 nitrogen and oxygen atoms in total. The van der Waals surface area contributed by atoms with E-state index < -0.39 is 0 Å². The smallest absolute Gasteiger partial charge is 0.321 e. The van der Waals surface area contributed by atoms with Crippen LogP contribution >= 0.6 is 0 Å². The summed E-state index contributed by atoms with van der Waals surface area (Å²) >= 11 is 0. The topological polar surface area (TPSA) is 83.1 Å². The lowest BCUT2D eigenvalue weighted by Crippen LogP contribution is -2.50. The lowest BCUT2D eigenvalue weighted by atomic mass is 10.1. The molecule has 176 valence electrons. The van der Waals surface area contributed by atoms with E-state index in [-0.39, 0.29) is 11.9 Å². The number of benzene rings is 3. The number of urea groups is 1. The molecule has 1 aliphatic heterocycles. The summed E-state index contributed by atoms with van der Waals surface area (Å²) in [5.74, 6) is 0.809. The Hall–Kier alpha value is -4.20. The molecular formula is C26H28N4O4. The highest BCUT2D eigenvalue weighted by atomic mass is 16.5. The molecule has 4 rings (SSSR count). The number of amides is 3. The number of piperazine rings is 1. The number of rotatable bonds is 6. The van der Waals surface area contributed by atoms with Crippen LogP contribution in [-0.4, -0.2) is 57.2 Å². The fourth-order valence-corrected chi connectivity index (χ4v) is 3.83. The SMILES string of the molecule is COc1ccc(C(=O)Nc2ccc(N3CCN(C(=O)Nc4ccccc4)CC3)cc2)c(OC)c1. The number of hydrogen-bond donors (Lipinski definition) is 2. The lowest BCUT2D eigenvalue weighted by Gasteiger charge is -2.36. The van der Waals surface area contributed by atoms with Crippen LogP contribution in [0.1, 0.15) is 10.4 Å². The summed E-state index contributed by atoms with van der Waals surface area (Å²) in [7, 11) is 3.08. The predicted molar refractivity (Wildman–Crippen MR) is 133 cm³/mol. The van der Waals surface area contributed by atoms with Crippen LogP contribution in [0.15, 0.2) is 72.8 Å². The predicted octanol–water partition coefficient (Wildman–Crippen LogP) is 4.31. The second-order valence-electron chi connectivity index (χ2n) is 7.84. The molecule has 1 aliphatic rings. The van der Waals surface area contributed by atoms with Crippen LogP contribution < -0.4 is 25.0 Å². The van der Waals surface area contributed by atoms with Gasteiger partial charge in [-0.1, -0.05) is 18.2 Å². The summed E-state index contributed by atoms with van der Waals surface area (Å²) < 4.78 is 10.5. The van der Waals surface area contributed by atoms with E-state index in [1.807, 2.05) is 59.5 Å². The third-order valence-corrected chi connectivity index (χ3v) is 5.74. The van der Waals surface area contributed by atoms with Gasteiger partial charge in [-0.25, -0.2) is 4.79 Å². The van der Waals surface area contributed by atoms with Crippen molar-refractivity contribution >= 4 is 29.0 Å². The summed E-state index contributed by atoms with van der Waals surface area (Å²) in [6.07, 6.45) is 0. The first-order valence-corrected chi connectivity index (χ1v) is 11.1. The summed E-state index contributed by atoms with van der Waals surface area (Å²) in [4.78, 5) is 29.3. The van der Waals surface area contributed by atoms with E-state index in [9.17, 15) is 9.59 Å². The number of ether oxygens (including phenoxy) is 2. The molecule has 0 unspecified atom stereocenters. The van der Waals surface area contributed by atoms with Gasteiger partial charge in [-0.3, -0.25) is 4.79 Å². The van der Waals surface area contributed by atoms with Crippen LogP contribution in [0.2, 0.25) is 0 Å². The van der Waals surface area contributed by atoms with Crippen molar-refractivity contribution in [3.05, 3.63) is 78.4 Å². The molecule has 0 aromatic heterocycles. The van der Waals surface area contributed by atoms with Crippen LogP contribution in [0.5, 0.6) is 11.5 Å². The van der Waals surface area contributed by atoms with Gasteiger partial charge in [0.15, 0.2) is 0 Å². The molecule has 1 fully saturated rings. The Balaban J connectivity index is 1.32. The monoisotopic (exact) mass is 460 g/mol. The number of carbonyl (C=O) groups is 2. The van der Waals surface area contributed by atoms with Gasteiger partial charge in [0.1, 0.15) is 11.5 Å². The van der Waals surface area contributed by atoms with Crippen LogP contribution in [0, 0.1) is 0 Å². The highest BCUT2D eigenvalue weighted by Gasteiger charge is 2.21. The van der Waals surface area contributed by atoms with Gasteiger partial charge in [-0.15, -0.1) is 0 Å². The summed E-state index contributed by atoms with van der Waals surface area (Å²) in [6, 6.07) is 22.1. The van der Waals surface area contributed by atoms with Crippen molar-refractivity contribution in [3.63, 3.8) is 0 Å². The van der Waals surface area contributed by atoms with Crippen LogP contribution in [0.25, 0.3) is 0 Å². The minimum absolute atomic E-state index is 0.0853. The van der Waals surface area contributed by atoms with Crippen LogP contribution in [0.3, 0.4) is 0 Å². The van der Waals surface area contributed by atoms with Gasteiger partial charge in [0, 0.05) is 49.3 Å². The van der Waals surface area contributed by atoms with Crippen molar-refractivity contribution in [2.75, 3.05) is 55.9 Å². The molecule has 0 radical (unpaired) electrons. The van der Waals surface area contributed by atoms with E-state index in [1.54, 1.807) is 25.3 Å². The Morgan fingerprint density at radius 1 is 0.765 bits per heavy atom. The maximum Gasteiger partial charge on any atom is 0.321 e. The van der Waals surface area contributed by atoms with E-state index in [0.29, 0.717) is 35.8 Å². The first kappa shape index (κ1) is 23.0. The number of para-hydroxylation sites is 1. The molecule has 1 heterocycles. The molecule has 0 atom stereocenters. The molecule has 0 bridgehead atoms. The number of methoxy groups -OCH3 is 2. The third kappa shape index (κ3) is 5.40. The minimum atomic E-state index is -0.259. The largest absolute Gasteiger partial charge is 0.497 e. The fourth-order valence-electron chi connectivity index (χ4n) is 3.83. The number of nitrogens with one attached hydrogen (secondary N) is 2. The van der Waals surface area contributed by atoms with Crippen molar-refractivity contribution in [1.82, 2.24) is 4.90 Å².